The van der Waals surface area contributed by atoms with Crippen LogP contribution < -0.4 is 0 Å². The van der Waals surface area contributed by atoms with Crippen LogP contribution in [0.4, 0.5) is 0 Å². The van der Waals surface area contributed by atoms with Crippen LogP contribution in [0.3, 0.4) is 0 Å². The fraction of sp³-hybridized carbons (Fsp3) is 0.214. The highest BCUT2D eigenvalue weighted by Gasteiger charge is 2.62. The van der Waals surface area contributed by atoms with Gasteiger partial charge in [0.05, 0.1) is 0 Å². The average molecular weight is 227 g/mol. The number of H-pyrrole nitrogens is 1. The fourth-order valence-electron chi connectivity index (χ4n) is 2.61. The lowest BCUT2D eigenvalue weighted by Crippen LogP contribution is -2.22. The maximum absolute atomic E-state index is 11.5. The molecule has 2 unspecified atom stereocenters. The van der Waals surface area contributed by atoms with Crippen LogP contribution in [0.15, 0.2) is 48.7 Å². The molecule has 17 heavy (non-hydrogen) atoms. The number of carbonyl (C=O) groups is 1. The van der Waals surface area contributed by atoms with Crippen molar-refractivity contribution in [2.75, 3.05) is 0 Å². The standard InChI is InChI=1S/C14H13NO2/c16-13(17)14(12-7-4-8-15-12)9-11(14)10-5-2-1-3-6-10/h1-8,11,15H,9H2,(H,16,17). The molecule has 2 aromatic rings. The van der Waals surface area contributed by atoms with Crippen molar-refractivity contribution in [3.05, 3.63) is 59.9 Å². The van der Waals surface area contributed by atoms with Crippen molar-refractivity contribution in [3.8, 4) is 0 Å². The van der Waals surface area contributed by atoms with Gasteiger partial charge in [0.2, 0.25) is 0 Å². The maximum atomic E-state index is 11.5. The van der Waals surface area contributed by atoms with Gasteiger partial charge in [-0.15, -0.1) is 0 Å². The lowest BCUT2D eigenvalue weighted by atomic mass is 9.96. The largest absolute Gasteiger partial charge is 0.481 e. The summed E-state index contributed by atoms with van der Waals surface area (Å²) in [4.78, 5) is 14.6. The Kier molecular flexibility index (Phi) is 2.08. The Bertz CT molecular complexity index is 533. The Morgan fingerprint density at radius 3 is 2.59 bits per heavy atom. The molecule has 1 fully saturated rings. The topological polar surface area (TPSA) is 53.1 Å². The number of aromatic nitrogens is 1. The summed E-state index contributed by atoms with van der Waals surface area (Å²) in [5, 5.41) is 9.49. The smallest absolute Gasteiger partial charge is 0.316 e. The second kappa shape index (κ2) is 3.48. The van der Waals surface area contributed by atoms with Crippen molar-refractivity contribution in [2.24, 2.45) is 0 Å². The molecule has 1 aliphatic carbocycles. The normalized spacial score (nSPS) is 26.7. The number of aromatic amines is 1. The molecule has 3 rings (SSSR count). The van der Waals surface area contributed by atoms with Crippen LogP contribution in [0.25, 0.3) is 0 Å². The van der Waals surface area contributed by atoms with Gasteiger partial charge in [0.15, 0.2) is 0 Å². The van der Waals surface area contributed by atoms with E-state index in [9.17, 15) is 9.90 Å². The molecule has 0 aliphatic heterocycles. The maximum Gasteiger partial charge on any atom is 0.316 e. The highest BCUT2D eigenvalue weighted by molar-refractivity contribution is 5.87. The zero-order valence-corrected chi connectivity index (χ0v) is 9.26. The predicted octanol–water partition coefficient (Wildman–Crippen LogP) is 2.52. The van der Waals surface area contributed by atoms with Crippen LogP contribution in [-0.4, -0.2) is 16.1 Å². The zero-order chi connectivity index (χ0) is 11.9. The summed E-state index contributed by atoms with van der Waals surface area (Å²) in [5.41, 5.74) is 1.16. The lowest BCUT2D eigenvalue weighted by molar-refractivity contribution is -0.140. The summed E-state index contributed by atoms with van der Waals surface area (Å²) in [5.74, 6) is -0.659. The van der Waals surface area contributed by atoms with Crippen molar-refractivity contribution in [1.29, 1.82) is 0 Å². The highest BCUT2D eigenvalue weighted by Crippen LogP contribution is 2.60. The number of carboxylic acids is 1. The Labute approximate surface area is 99.1 Å². The number of carboxylic acid groups (broad SMARTS) is 1. The van der Waals surface area contributed by atoms with Gasteiger partial charge in [-0.05, 0) is 24.1 Å². The minimum Gasteiger partial charge on any atom is -0.481 e. The minimum absolute atomic E-state index is 0.0832. The van der Waals surface area contributed by atoms with E-state index >= 15 is 0 Å². The molecule has 0 saturated heterocycles. The quantitative estimate of drug-likeness (QED) is 0.846. The first kappa shape index (κ1) is 10.1. The summed E-state index contributed by atoms with van der Waals surface area (Å²) in [6, 6.07) is 13.6. The monoisotopic (exact) mass is 227 g/mol. The summed E-state index contributed by atoms with van der Waals surface area (Å²) in [7, 11) is 0. The van der Waals surface area contributed by atoms with Crippen molar-refractivity contribution < 1.29 is 9.90 Å². The van der Waals surface area contributed by atoms with Crippen LogP contribution in [0.2, 0.25) is 0 Å². The summed E-state index contributed by atoms with van der Waals surface area (Å²) >= 11 is 0. The first-order chi connectivity index (χ1) is 8.25. The number of hydrogen-bond acceptors (Lipinski definition) is 1. The van der Waals surface area contributed by atoms with Crippen molar-refractivity contribution in [1.82, 2.24) is 4.98 Å². The summed E-state index contributed by atoms with van der Waals surface area (Å²) in [6.45, 7) is 0. The second-order valence-electron chi connectivity index (χ2n) is 4.53. The molecule has 3 heteroatoms. The van der Waals surface area contributed by atoms with Gasteiger partial charge in [-0.25, -0.2) is 0 Å². The van der Waals surface area contributed by atoms with E-state index in [2.05, 4.69) is 4.98 Å². The van der Waals surface area contributed by atoms with E-state index < -0.39 is 11.4 Å². The molecule has 1 aliphatic rings. The van der Waals surface area contributed by atoms with Gasteiger partial charge in [-0.3, -0.25) is 4.79 Å². The van der Waals surface area contributed by atoms with Gasteiger partial charge in [0.25, 0.3) is 0 Å². The molecule has 1 saturated carbocycles. The SMILES string of the molecule is O=C(O)C1(c2ccc[nH]2)CC1c1ccccc1. The molecule has 86 valence electrons. The molecule has 0 amide bonds. The Morgan fingerprint density at radius 1 is 1.24 bits per heavy atom. The molecule has 3 nitrogen and oxygen atoms in total. The number of hydrogen-bond donors (Lipinski definition) is 2. The average Bonchev–Trinajstić information content (AvgIpc) is 2.88. The molecule has 1 aromatic carbocycles. The third kappa shape index (κ3) is 1.39. The second-order valence-corrected chi connectivity index (χ2v) is 4.53. The van der Waals surface area contributed by atoms with E-state index in [0.717, 1.165) is 11.3 Å². The van der Waals surface area contributed by atoms with Gasteiger partial charge >= 0.3 is 5.97 Å². The molecule has 0 bridgehead atoms. The van der Waals surface area contributed by atoms with Crippen LogP contribution in [0.5, 0.6) is 0 Å². The fourth-order valence-corrected chi connectivity index (χ4v) is 2.61. The molecular weight excluding hydrogens is 214 g/mol. The molecule has 2 N–H and O–H groups in total. The van der Waals surface area contributed by atoms with E-state index in [1.54, 1.807) is 6.20 Å². The van der Waals surface area contributed by atoms with Crippen LogP contribution >= 0.6 is 0 Å². The van der Waals surface area contributed by atoms with E-state index in [0.29, 0.717) is 6.42 Å². The van der Waals surface area contributed by atoms with Gasteiger partial charge in [0, 0.05) is 17.8 Å². The molecule has 0 radical (unpaired) electrons. The number of aliphatic carboxylic acids is 1. The first-order valence-corrected chi connectivity index (χ1v) is 5.67. The van der Waals surface area contributed by atoms with Crippen molar-refractivity contribution >= 4 is 5.97 Å². The zero-order valence-electron chi connectivity index (χ0n) is 9.26. The number of rotatable bonds is 3. The predicted molar refractivity (Wildman–Crippen MR) is 63.9 cm³/mol. The molecule has 1 heterocycles. The molecule has 1 aromatic heterocycles. The van der Waals surface area contributed by atoms with Gasteiger partial charge < -0.3 is 10.1 Å². The lowest BCUT2D eigenvalue weighted by Gasteiger charge is -2.10. The van der Waals surface area contributed by atoms with Crippen molar-refractivity contribution in [2.45, 2.75) is 17.8 Å². The van der Waals surface area contributed by atoms with E-state index in [4.69, 9.17) is 0 Å². The Hall–Kier alpha value is -2.03. The third-order valence-electron chi connectivity index (χ3n) is 3.62. The summed E-state index contributed by atoms with van der Waals surface area (Å²) < 4.78 is 0. The molecular formula is C14H13NO2. The Balaban J connectivity index is 2.00. The van der Waals surface area contributed by atoms with Gasteiger partial charge in [0.1, 0.15) is 5.41 Å². The van der Waals surface area contributed by atoms with Crippen LogP contribution in [-0.2, 0) is 10.2 Å². The van der Waals surface area contributed by atoms with Gasteiger partial charge in [-0.1, -0.05) is 30.3 Å². The molecule has 2 atom stereocenters. The van der Waals surface area contributed by atoms with E-state index in [-0.39, 0.29) is 5.92 Å². The highest BCUT2D eigenvalue weighted by atomic mass is 16.4. The first-order valence-electron chi connectivity index (χ1n) is 5.67. The van der Waals surface area contributed by atoms with E-state index in [1.165, 1.54) is 0 Å². The van der Waals surface area contributed by atoms with Gasteiger partial charge in [-0.2, -0.15) is 0 Å². The Morgan fingerprint density at radius 2 is 2.00 bits per heavy atom. The number of nitrogens with one attached hydrogen (secondary N) is 1. The minimum atomic E-state index is -0.745. The van der Waals surface area contributed by atoms with Crippen molar-refractivity contribution in [3.63, 3.8) is 0 Å². The van der Waals surface area contributed by atoms with Crippen LogP contribution in [0.1, 0.15) is 23.6 Å². The summed E-state index contributed by atoms with van der Waals surface area (Å²) in [6.07, 6.45) is 2.45. The number of benzene rings is 1. The molecule has 0 spiro atoms. The van der Waals surface area contributed by atoms with Crippen LogP contribution in [0, 0.1) is 0 Å². The third-order valence-corrected chi connectivity index (χ3v) is 3.62. The van der Waals surface area contributed by atoms with E-state index in [1.807, 2.05) is 42.5 Å².